The number of hydrogen-bond donors (Lipinski definition) is 0. The fraction of sp³-hybridized carbons (Fsp3) is 0.176. The highest BCUT2D eigenvalue weighted by Gasteiger charge is 2.34. The minimum atomic E-state index is -4.60. The van der Waals surface area contributed by atoms with Gasteiger partial charge in [0.2, 0.25) is 6.79 Å². The predicted octanol–water partition coefficient (Wildman–Crippen LogP) is 5.43. The molecule has 0 bridgehead atoms. The van der Waals surface area contributed by atoms with Crippen molar-refractivity contribution in [2.24, 2.45) is 0 Å². The van der Waals surface area contributed by atoms with Crippen LogP contribution in [0.4, 0.5) is 13.2 Å². The molecule has 5 nitrogen and oxygen atoms in total. The van der Waals surface area contributed by atoms with E-state index in [1.165, 1.54) is 12.3 Å². The van der Waals surface area contributed by atoms with E-state index in [0.29, 0.717) is 22.1 Å². The van der Waals surface area contributed by atoms with Gasteiger partial charge in [-0.1, -0.05) is 23.4 Å². The maximum Gasteiger partial charge on any atom is 0.433 e. The number of rotatable bonds is 4. The van der Waals surface area contributed by atoms with E-state index < -0.39 is 11.9 Å². The molecule has 0 aliphatic carbocycles. The lowest BCUT2D eigenvalue weighted by molar-refractivity contribution is -0.141. The third kappa shape index (κ3) is 3.84. The van der Waals surface area contributed by atoms with Gasteiger partial charge in [0.1, 0.15) is 11.4 Å². The number of furan rings is 1. The molecule has 0 radical (unpaired) electrons. The number of hydrogen-bond acceptors (Lipinski definition) is 6. The number of fused-ring (bicyclic) bond motifs is 1. The molecule has 2 aromatic heterocycles. The number of benzene rings is 1. The topological polar surface area (TPSA) is 57.4 Å². The van der Waals surface area contributed by atoms with Gasteiger partial charge in [-0.15, -0.1) is 0 Å². The Kier molecular flexibility index (Phi) is 4.65. The van der Waals surface area contributed by atoms with Crippen molar-refractivity contribution in [2.45, 2.75) is 17.1 Å². The van der Waals surface area contributed by atoms with Crippen molar-refractivity contribution in [1.29, 1.82) is 0 Å². The van der Waals surface area contributed by atoms with Crippen LogP contribution in [-0.2, 0) is 11.9 Å². The monoisotopic (exact) mass is 414 g/mol. The first kappa shape index (κ1) is 18.0. The summed E-state index contributed by atoms with van der Waals surface area (Å²) in [4.78, 5) is 7.78. The number of ether oxygens (including phenoxy) is 2. The maximum absolute atomic E-state index is 13.2. The molecular formula is C17H10ClF3N2O3S. The van der Waals surface area contributed by atoms with Crippen LogP contribution in [0.1, 0.15) is 11.3 Å². The van der Waals surface area contributed by atoms with E-state index in [9.17, 15) is 13.2 Å². The van der Waals surface area contributed by atoms with Crippen molar-refractivity contribution < 1.29 is 27.1 Å². The van der Waals surface area contributed by atoms with E-state index in [4.69, 9.17) is 25.5 Å². The molecule has 0 fully saturated rings. The molecule has 0 saturated carbocycles. The van der Waals surface area contributed by atoms with E-state index in [-0.39, 0.29) is 29.2 Å². The molecule has 0 unspecified atom stereocenters. The second-order valence-electron chi connectivity index (χ2n) is 5.48. The van der Waals surface area contributed by atoms with E-state index in [1.807, 2.05) is 0 Å². The first-order valence-corrected chi connectivity index (χ1v) is 8.97. The van der Waals surface area contributed by atoms with Crippen molar-refractivity contribution in [1.82, 2.24) is 9.97 Å². The Bertz CT molecular complexity index is 980. The Hall–Kier alpha value is -2.39. The molecule has 10 heteroatoms. The Labute approximate surface area is 160 Å². The Morgan fingerprint density at radius 3 is 2.59 bits per heavy atom. The zero-order chi connectivity index (χ0) is 19.0. The van der Waals surface area contributed by atoms with Gasteiger partial charge < -0.3 is 13.9 Å². The molecule has 4 rings (SSSR count). The molecule has 3 aromatic rings. The van der Waals surface area contributed by atoms with Gasteiger partial charge in [-0.05, 0) is 29.8 Å². The molecule has 0 amide bonds. The van der Waals surface area contributed by atoms with Crippen LogP contribution in [0.2, 0.25) is 5.02 Å². The molecule has 140 valence electrons. The molecule has 0 N–H and O–H groups in total. The Balaban J connectivity index is 1.63. The fourth-order valence-corrected chi connectivity index (χ4v) is 3.55. The number of nitrogens with zero attached hydrogens (tertiary/aromatic N) is 2. The molecule has 1 aliphatic rings. The van der Waals surface area contributed by atoms with Gasteiger partial charge >= 0.3 is 6.18 Å². The van der Waals surface area contributed by atoms with Crippen molar-refractivity contribution in [3.05, 3.63) is 52.9 Å². The maximum atomic E-state index is 13.2. The van der Waals surface area contributed by atoms with E-state index in [0.717, 1.165) is 17.8 Å². The van der Waals surface area contributed by atoms with E-state index in [2.05, 4.69) is 9.97 Å². The highest BCUT2D eigenvalue weighted by atomic mass is 35.5. The highest BCUT2D eigenvalue weighted by molar-refractivity contribution is 7.98. The SMILES string of the molecule is FC(F)(F)c1cc(-c2ccco2)nc(SCc2cc3c(cc2Cl)OCO3)n1. The summed E-state index contributed by atoms with van der Waals surface area (Å²) in [6, 6.07) is 7.27. The molecule has 27 heavy (non-hydrogen) atoms. The zero-order valence-electron chi connectivity index (χ0n) is 13.4. The van der Waals surface area contributed by atoms with Gasteiger partial charge in [0.25, 0.3) is 0 Å². The zero-order valence-corrected chi connectivity index (χ0v) is 15.0. The van der Waals surface area contributed by atoms with Crippen molar-refractivity contribution in [2.75, 3.05) is 6.79 Å². The lowest BCUT2D eigenvalue weighted by Crippen LogP contribution is -2.10. The summed E-state index contributed by atoms with van der Waals surface area (Å²) in [5.74, 6) is 1.56. The van der Waals surface area contributed by atoms with Crippen LogP contribution in [0.15, 0.2) is 46.2 Å². The summed E-state index contributed by atoms with van der Waals surface area (Å²) < 4.78 is 55.2. The first-order chi connectivity index (χ1) is 12.9. The Morgan fingerprint density at radius 1 is 1.11 bits per heavy atom. The second-order valence-corrected chi connectivity index (χ2v) is 6.83. The van der Waals surface area contributed by atoms with Gasteiger partial charge in [-0.25, -0.2) is 9.97 Å². The summed E-state index contributed by atoms with van der Waals surface area (Å²) in [6.07, 6.45) is -3.24. The molecule has 3 heterocycles. The van der Waals surface area contributed by atoms with Crippen LogP contribution in [-0.4, -0.2) is 16.8 Å². The van der Waals surface area contributed by atoms with Crippen LogP contribution < -0.4 is 9.47 Å². The molecule has 0 saturated heterocycles. The number of aromatic nitrogens is 2. The van der Waals surface area contributed by atoms with Crippen molar-refractivity contribution in [3.63, 3.8) is 0 Å². The standard InChI is InChI=1S/C17H10ClF3N2O3S/c18-10-5-14-13(25-8-26-14)4-9(10)7-27-16-22-11(12-2-1-3-24-12)6-15(23-16)17(19,20)21/h1-6H,7-8H2. The number of alkyl halides is 3. The minimum Gasteiger partial charge on any atom is -0.463 e. The van der Waals surface area contributed by atoms with Gasteiger partial charge in [0.05, 0.1) is 6.26 Å². The molecule has 1 aromatic carbocycles. The van der Waals surface area contributed by atoms with Crippen molar-refractivity contribution >= 4 is 23.4 Å². The lowest BCUT2D eigenvalue weighted by Gasteiger charge is -2.10. The quantitative estimate of drug-likeness (QED) is 0.419. The van der Waals surface area contributed by atoms with Crippen molar-refractivity contribution in [3.8, 4) is 23.0 Å². The van der Waals surface area contributed by atoms with Crippen LogP contribution >= 0.6 is 23.4 Å². The summed E-state index contributed by atoms with van der Waals surface area (Å²) in [7, 11) is 0. The summed E-state index contributed by atoms with van der Waals surface area (Å²) in [5.41, 5.74) is -0.309. The summed E-state index contributed by atoms with van der Waals surface area (Å²) >= 11 is 7.24. The van der Waals surface area contributed by atoms with Gasteiger partial charge in [0, 0.05) is 16.8 Å². The second kappa shape index (κ2) is 6.97. The normalized spacial score (nSPS) is 13.2. The fourth-order valence-electron chi connectivity index (χ4n) is 2.40. The first-order valence-electron chi connectivity index (χ1n) is 7.61. The average molecular weight is 415 g/mol. The number of halogens is 4. The van der Waals surface area contributed by atoms with Gasteiger partial charge in [0.15, 0.2) is 22.4 Å². The predicted molar refractivity (Wildman–Crippen MR) is 91.9 cm³/mol. The Morgan fingerprint density at radius 2 is 1.89 bits per heavy atom. The average Bonchev–Trinajstić information content (AvgIpc) is 3.30. The third-order valence-corrected chi connectivity index (χ3v) is 4.92. The molecular weight excluding hydrogens is 405 g/mol. The summed E-state index contributed by atoms with van der Waals surface area (Å²) in [6.45, 7) is 0.103. The van der Waals surface area contributed by atoms with Crippen LogP contribution in [0.5, 0.6) is 11.5 Å². The van der Waals surface area contributed by atoms with Crippen LogP contribution in [0.3, 0.4) is 0 Å². The summed E-state index contributed by atoms with van der Waals surface area (Å²) in [5, 5.41) is 0.384. The smallest absolute Gasteiger partial charge is 0.433 e. The molecule has 0 atom stereocenters. The lowest BCUT2D eigenvalue weighted by atomic mass is 10.2. The van der Waals surface area contributed by atoms with E-state index in [1.54, 1.807) is 18.2 Å². The molecule has 0 spiro atoms. The van der Waals surface area contributed by atoms with Gasteiger partial charge in [-0.3, -0.25) is 0 Å². The number of thioether (sulfide) groups is 1. The highest BCUT2D eigenvalue weighted by Crippen LogP contribution is 2.39. The largest absolute Gasteiger partial charge is 0.463 e. The molecule has 1 aliphatic heterocycles. The minimum absolute atomic E-state index is 0.0371. The van der Waals surface area contributed by atoms with Crippen LogP contribution in [0, 0.1) is 0 Å². The van der Waals surface area contributed by atoms with Gasteiger partial charge in [-0.2, -0.15) is 13.2 Å². The van der Waals surface area contributed by atoms with Crippen LogP contribution in [0.25, 0.3) is 11.5 Å². The van der Waals surface area contributed by atoms with E-state index >= 15 is 0 Å². The third-order valence-electron chi connectivity index (χ3n) is 3.67.